The fourth-order valence-corrected chi connectivity index (χ4v) is 5.37. The first-order valence-electron chi connectivity index (χ1n) is 10.9. The van der Waals surface area contributed by atoms with Crippen LogP contribution in [0, 0.1) is 0 Å². The Morgan fingerprint density at radius 2 is 1.85 bits per heavy atom. The summed E-state index contributed by atoms with van der Waals surface area (Å²) in [5.74, 6) is -0.452. The number of thiazole rings is 1. The third kappa shape index (κ3) is 4.60. The number of hydrogen-bond acceptors (Lipinski definition) is 7. The summed E-state index contributed by atoms with van der Waals surface area (Å²) in [6.07, 6.45) is 3.91. The number of anilines is 1. The van der Waals surface area contributed by atoms with Crippen molar-refractivity contribution < 1.29 is 9.53 Å². The van der Waals surface area contributed by atoms with Gasteiger partial charge < -0.3 is 9.64 Å². The minimum absolute atomic E-state index is 0.173. The number of carbonyl (C=O) groups excluding carboxylic acids is 1. The molecule has 1 atom stereocenters. The van der Waals surface area contributed by atoms with Gasteiger partial charge in [0.25, 0.3) is 5.56 Å². The number of fused-ring (bicyclic) bond motifs is 1. The predicted molar refractivity (Wildman–Crippen MR) is 139 cm³/mol. The highest BCUT2D eigenvalue weighted by atomic mass is 32.2. The Balaban J connectivity index is 1.90. The lowest BCUT2D eigenvalue weighted by Gasteiger charge is -2.25. The molecule has 0 amide bonds. The third-order valence-electron chi connectivity index (χ3n) is 5.66. The van der Waals surface area contributed by atoms with Gasteiger partial charge in [0, 0.05) is 24.7 Å². The number of allylic oxidation sites excluding steroid dienone is 1. The van der Waals surface area contributed by atoms with E-state index in [2.05, 4.69) is 4.99 Å². The molecule has 0 bridgehead atoms. The zero-order chi connectivity index (χ0) is 24.4. The number of thioether (sulfide) groups is 1. The van der Waals surface area contributed by atoms with Crippen LogP contribution in [-0.2, 0) is 9.53 Å². The second-order valence-electron chi connectivity index (χ2n) is 8.06. The maximum atomic E-state index is 13.6. The summed E-state index contributed by atoms with van der Waals surface area (Å²) in [5, 5.41) is 0. The summed E-state index contributed by atoms with van der Waals surface area (Å²) in [4.78, 5) is 35.0. The molecule has 0 saturated carbocycles. The van der Waals surface area contributed by atoms with E-state index in [1.807, 2.05) is 79.9 Å². The Kier molecular flexibility index (Phi) is 7.09. The van der Waals surface area contributed by atoms with Gasteiger partial charge in [-0.2, -0.15) is 0 Å². The highest BCUT2D eigenvalue weighted by Gasteiger charge is 2.33. The molecule has 0 N–H and O–H groups in total. The number of aromatic nitrogens is 1. The average Bonchev–Trinajstić information content (AvgIpc) is 3.13. The van der Waals surface area contributed by atoms with E-state index in [1.165, 1.54) is 11.3 Å². The fraction of sp³-hybridized carbons (Fsp3) is 0.269. The summed E-state index contributed by atoms with van der Waals surface area (Å²) in [7, 11) is 3.94. The molecule has 0 radical (unpaired) electrons. The topological polar surface area (TPSA) is 63.9 Å². The highest BCUT2D eigenvalue weighted by molar-refractivity contribution is 7.98. The van der Waals surface area contributed by atoms with Gasteiger partial charge in [-0.3, -0.25) is 9.36 Å². The minimum Gasteiger partial charge on any atom is -0.463 e. The van der Waals surface area contributed by atoms with Crippen LogP contribution in [0.15, 0.2) is 74.5 Å². The van der Waals surface area contributed by atoms with Crippen molar-refractivity contribution in [2.45, 2.75) is 24.8 Å². The van der Waals surface area contributed by atoms with Crippen LogP contribution < -0.4 is 19.8 Å². The molecule has 0 fully saturated rings. The van der Waals surface area contributed by atoms with Gasteiger partial charge >= 0.3 is 5.97 Å². The first-order chi connectivity index (χ1) is 16.3. The van der Waals surface area contributed by atoms with Crippen molar-refractivity contribution in [1.29, 1.82) is 0 Å². The summed E-state index contributed by atoms with van der Waals surface area (Å²) >= 11 is 3.00. The van der Waals surface area contributed by atoms with Gasteiger partial charge in [-0.1, -0.05) is 35.6 Å². The van der Waals surface area contributed by atoms with Crippen LogP contribution in [0.4, 0.5) is 5.69 Å². The van der Waals surface area contributed by atoms with Crippen LogP contribution in [0.3, 0.4) is 0 Å². The number of nitrogens with zero attached hydrogens (tertiary/aromatic N) is 3. The van der Waals surface area contributed by atoms with Crippen molar-refractivity contribution in [2.24, 2.45) is 4.99 Å². The monoisotopic (exact) mass is 493 g/mol. The van der Waals surface area contributed by atoms with Crippen molar-refractivity contribution in [2.75, 3.05) is 31.9 Å². The maximum Gasteiger partial charge on any atom is 0.338 e. The van der Waals surface area contributed by atoms with Crippen molar-refractivity contribution >= 4 is 40.8 Å². The molecule has 2 heterocycles. The Morgan fingerprint density at radius 3 is 2.44 bits per heavy atom. The van der Waals surface area contributed by atoms with Crippen LogP contribution in [0.1, 0.15) is 31.0 Å². The number of rotatable bonds is 6. The molecule has 2 aromatic carbocycles. The normalized spacial score (nSPS) is 15.7. The number of esters is 1. The molecule has 34 heavy (non-hydrogen) atoms. The van der Waals surface area contributed by atoms with Gasteiger partial charge in [0.15, 0.2) is 4.80 Å². The average molecular weight is 494 g/mol. The number of hydrogen-bond donors (Lipinski definition) is 0. The molecule has 0 saturated heterocycles. The zero-order valence-electron chi connectivity index (χ0n) is 19.9. The molecule has 6 nitrogen and oxygen atoms in total. The molecule has 1 aliphatic heterocycles. The minimum atomic E-state index is -0.604. The molecule has 1 aliphatic rings. The highest BCUT2D eigenvalue weighted by Crippen LogP contribution is 2.31. The fourth-order valence-electron chi connectivity index (χ4n) is 3.91. The van der Waals surface area contributed by atoms with Gasteiger partial charge in [0.1, 0.15) is 0 Å². The quantitative estimate of drug-likeness (QED) is 0.388. The Bertz CT molecular complexity index is 1420. The van der Waals surface area contributed by atoms with E-state index in [0.29, 0.717) is 20.6 Å². The van der Waals surface area contributed by atoms with Crippen LogP contribution in [0.2, 0.25) is 0 Å². The molecule has 0 spiro atoms. The van der Waals surface area contributed by atoms with Crippen molar-refractivity contribution in [3.05, 3.63) is 90.6 Å². The molecule has 1 aromatic heterocycles. The van der Waals surface area contributed by atoms with Crippen LogP contribution >= 0.6 is 23.1 Å². The number of ether oxygens (including phenoxy) is 1. The second-order valence-corrected chi connectivity index (χ2v) is 9.95. The van der Waals surface area contributed by atoms with E-state index in [4.69, 9.17) is 4.74 Å². The Morgan fingerprint density at radius 1 is 1.18 bits per heavy atom. The SMILES string of the molecule is CCOC(=O)C1=C(C)N=c2s/c(=C\c3ccc(SC)cc3)c(=O)n2[C@@H]1c1ccc(N(C)C)cc1. The van der Waals surface area contributed by atoms with Crippen molar-refractivity contribution in [1.82, 2.24) is 4.57 Å². The maximum absolute atomic E-state index is 13.6. The van der Waals surface area contributed by atoms with Gasteiger partial charge in [0.05, 0.1) is 28.5 Å². The second kappa shape index (κ2) is 10.0. The Labute approximate surface area is 206 Å². The van der Waals surface area contributed by atoms with Crippen LogP contribution in [-0.4, -0.2) is 37.5 Å². The summed E-state index contributed by atoms with van der Waals surface area (Å²) in [6, 6.07) is 15.3. The summed E-state index contributed by atoms with van der Waals surface area (Å²) in [6.45, 7) is 3.82. The summed E-state index contributed by atoms with van der Waals surface area (Å²) in [5.41, 5.74) is 3.59. The smallest absolute Gasteiger partial charge is 0.338 e. The van der Waals surface area contributed by atoms with Gasteiger partial charge in [-0.05, 0) is 61.6 Å². The lowest BCUT2D eigenvalue weighted by molar-refractivity contribution is -0.139. The molecule has 0 unspecified atom stereocenters. The Hall–Kier alpha value is -3.10. The lowest BCUT2D eigenvalue weighted by Crippen LogP contribution is -2.39. The van der Waals surface area contributed by atoms with Gasteiger partial charge in [0.2, 0.25) is 0 Å². The molecule has 3 aromatic rings. The van der Waals surface area contributed by atoms with Gasteiger partial charge in [-0.25, -0.2) is 9.79 Å². The van der Waals surface area contributed by atoms with Crippen molar-refractivity contribution in [3.8, 4) is 0 Å². The van der Waals surface area contributed by atoms with E-state index in [0.717, 1.165) is 21.7 Å². The number of benzene rings is 2. The van der Waals surface area contributed by atoms with E-state index in [9.17, 15) is 9.59 Å². The molecular weight excluding hydrogens is 466 g/mol. The van der Waals surface area contributed by atoms with E-state index in [1.54, 1.807) is 30.2 Å². The molecule has 176 valence electrons. The van der Waals surface area contributed by atoms with E-state index < -0.39 is 12.0 Å². The standard InChI is InChI=1S/C26H27N3O3S2/c1-6-32-25(31)22-16(2)27-26-29(23(22)18-9-11-19(12-10-18)28(3)4)24(30)21(34-26)15-17-7-13-20(33-5)14-8-17/h7-15,23H,6H2,1-5H3/b21-15-/t23-/m1/s1. The molecule has 8 heteroatoms. The van der Waals surface area contributed by atoms with E-state index >= 15 is 0 Å². The lowest BCUT2D eigenvalue weighted by atomic mass is 9.95. The molecule has 0 aliphatic carbocycles. The zero-order valence-corrected chi connectivity index (χ0v) is 21.5. The summed E-state index contributed by atoms with van der Waals surface area (Å²) < 4.78 is 7.55. The number of carbonyl (C=O) groups is 1. The largest absolute Gasteiger partial charge is 0.463 e. The van der Waals surface area contributed by atoms with Crippen LogP contribution in [0.25, 0.3) is 6.08 Å². The molecular formula is C26H27N3O3S2. The third-order valence-corrected chi connectivity index (χ3v) is 7.38. The predicted octanol–water partition coefficient (Wildman–Crippen LogP) is 3.59. The molecule has 4 rings (SSSR count). The van der Waals surface area contributed by atoms with Crippen molar-refractivity contribution in [3.63, 3.8) is 0 Å². The van der Waals surface area contributed by atoms with Crippen LogP contribution in [0.5, 0.6) is 0 Å². The van der Waals surface area contributed by atoms with Gasteiger partial charge in [-0.15, -0.1) is 11.8 Å². The first kappa shape index (κ1) is 24.0. The first-order valence-corrected chi connectivity index (χ1v) is 13.0. The van der Waals surface area contributed by atoms with E-state index in [-0.39, 0.29) is 12.2 Å².